The number of hydrogen-bond donors (Lipinski definition) is 2. The Morgan fingerprint density at radius 3 is 2.97 bits per heavy atom. The highest BCUT2D eigenvalue weighted by Gasteiger charge is 2.35. The Balaban J connectivity index is 1.19. The highest BCUT2D eigenvalue weighted by Crippen LogP contribution is 2.40. The normalized spacial score (nSPS) is 21.1. The first kappa shape index (κ1) is 24.3. The van der Waals surface area contributed by atoms with Crippen molar-refractivity contribution in [3.8, 4) is 0 Å². The van der Waals surface area contributed by atoms with Crippen molar-refractivity contribution < 1.29 is 14.3 Å². The molecule has 2 unspecified atom stereocenters. The molecule has 1 aliphatic carbocycles. The van der Waals surface area contributed by atoms with Crippen LogP contribution >= 0.6 is 22.7 Å². The summed E-state index contributed by atoms with van der Waals surface area (Å²) in [4.78, 5) is 40.3. The minimum atomic E-state index is -0.262. The van der Waals surface area contributed by atoms with Crippen LogP contribution in [-0.2, 0) is 22.3 Å². The summed E-state index contributed by atoms with van der Waals surface area (Å²) in [6, 6.07) is 5.91. The van der Waals surface area contributed by atoms with Crippen LogP contribution in [0, 0.1) is 0 Å². The molecule has 194 valence electrons. The fourth-order valence-corrected chi connectivity index (χ4v) is 7.37. The van der Waals surface area contributed by atoms with E-state index in [2.05, 4.69) is 34.1 Å². The predicted octanol–water partition coefficient (Wildman–Crippen LogP) is 5.22. The number of aromatic nitrogens is 3. The zero-order valence-electron chi connectivity index (χ0n) is 21.0. The van der Waals surface area contributed by atoms with Gasteiger partial charge in [-0.2, -0.15) is 0 Å². The summed E-state index contributed by atoms with van der Waals surface area (Å²) >= 11 is 2.83. The van der Waals surface area contributed by atoms with Crippen LogP contribution in [0.15, 0.2) is 29.3 Å². The average Bonchev–Trinajstić information content (AvgIpc) is 3.41. The van der Waals surface area contributed by atoms with E-state index in [0.717, 1.165) is 57.6 Å². The summed E-state index contributed by atoms with van der Waals surface area (Å²) in [6.45, 7) is 4.78. The number of aryl methyl sites for hydroxylation is 1. The van der Waals surface area contributed by atoms with E-state index in [1.54, 1.807) is 22.6 Å². The molecule has 0 radical (unpaired) electrons. The number of rotatable bonds is 4. The summed E-state index contributed by atoms with van der Waals surface area (Å²) in [5, 5.41) is 4.45. The molecule has 2 aliphatic rings. The van der Waals surface area contributed by atoms with Crippen LogP contribution in [0.2, 0.25) is 0 Å². The van der Waals surface area contributed by atoms with Crippen LogP contribution < -0.4 is 10.2 Å². The number of ether oxygens (including phenoxy) is 2. The molecular formula is C26H29N5O4S2. The largest absolute Gasteiger partial charge is 0.446 e. The van der Waals surface area contributed by atoms with Gasteiger partial charge < -0.3 is 24.7 Å². The van der Waals surface area contributed by atoms with Crippen molar-refractivity contribution in [1.82, 2.24) is 19.9 Å². The number of aromatic amines is 1. The summed E-state index contributed by atoms with van der Waals surface area (Å²) in [7, 11) is 1.83. The first-order valence-electron chi connectivity index (χ1n) is 12.5. The summed E-state index contributed by atoms with van der Waals surface area (Å²) in [5.41, 5.74) is 2.69. The van der Waals surface area contributed by atoms with Crippen LogP contribution in [0.4, 0.5) is 16.3 Å². The number of nitrogens with zero attached hydrogens (tertiary/aromatic N) is 3. The molecule has 2 atom stereocenters. The average molecular weight is 540 g/mol. The fraction of sp³-hybridized carbons (Fsp3) is 0.462. The number of carbonyl (C=O) groups excluding carboxylic acids is 1. The zero-order valence-corrected chi connectivity index (χ0v) is 22.6. The maximum atomic E-state index is 13.0. The fourth-order valence-electron chi connectivity index (χ4n) is 5.34. The highest BCUT2D eigenvalue weighted by molar-refractivity contribution is 7.19. The lowest BCUT2D eigenvalue weighted by Gasteiger charge is -2.39. The topological polar surface area (TPSA) is 109 Å². The van der Waals surface area contributed by atoms with E-state index in [1.165, 1.54) is 21.8 Å². The SMILES string of the molecule is CN(C(=O)OC1CCc2c(sc3ncnc(Nc4ccc5[nH]c(=O)sc5c4)c23)C1)C1CCOC(C)(C)C1. The van der Waals surface area contributed by atoms with Gasteiger partial charge in [-0.25, -0.2) is 14.8 Å². The van der Waals surface area contributed by atoms with Crippen LogP contribution in [0.5, 0.6) is 0 Å². The quantitative estimate of drug-likeness (QED) is 0.366. The second kappa shape index (κ2) is 9.38. The highest BCUT2D eigenvalue weighted by atomic mass is 32.1. The molecule has 37 heavy (non-hydrogen) atoms. The van der Waals surface area contributed by atoms with Crippen molar-refractivity contribution in [3.05, 3.63) is 44.6 Å². The lowest BCUT2D eigenvalue weighted by Crippen LogP contribution is -2.47. The van der Waals surface area contributed by atoms with Gasteiger partial charge in [0.25, 0.3) is 0 Å². The number of benzene rings is 1. The van der Waals surface area contributed by atoms with E-state index < -0.39 is 0 Å². The van der Waals surface area contributed by atoms with Crippen LogP contribution in [0.3, 0.4) is 0 Å². The first-order valence-corrected chi connectivity index (χ1v) is 14.1. The van der Waals surface area contributed by atoms with Crippen molar-refractivity contribution in [2.75, 3.05) is 19.0 Å². The Hall–Kier alpha value is -3.02. The monoisotopic (exact) mass is 539 g/mol. The minimum absolute atomic E-state index is 0.0680. The van der Waals surface area contributed by atoms with E-state index in [-0.39, 0.29) is 28.7 Å². The van der Waals surface area contributed by atoms with Gasteiger partial charge in [0.1, 0.15) is 23.1 Å². The maximum absolute atomic E-state index is 13.0. The summed E-state index contributed by atoms with van der Waals surface area (Å²) < 4.78 is 12.7. The number of carbonyl (C=O) groups is 1. The van der Waals surface area contributed by atoms with E-state index in [0.29, 0.717) is 13.0 Å². The zero-order chi connectivity index (χ0) is 25.7. The molecule has 11 heteroatoms. The van der Waals surface area contributed by atoms with Gasteiger partial charge in [-0.05, 0) is 63.3 Å². The number of amides is 1. The van der Waals surface area contributed by atoms with Gasteiger partial charge in [-0.1, -0.05) is 11.3 Å². The second-order valence-corrected chi connectivity index (χ2v) is 12.5. The van der Waals surface area contributed by atoms with E-state index in [9.17, 15) is 9.59 Å². The summed E-state index contributed by atoms with van der Waals surface area (Å²) in [5.74, 6) is 0.752. The molecule has 1 aliphatic heterocycles. The Morgan fingerprint density at radius 1 is 1.27 bits per heavy atom. The second-order valence-electron chi connectivity index (χ2n) is 10.4. The third-order valence-corrected chi connectivity index (χ3v) is 9.27. The molecule has 4 heterocycles. The third-order valence-electron chi connectivity index (χ3n) is 7.26. The van der Waals surface area contributed by atoms with E-state index in [1.807, 2.05) is 25.2 Å². The molecule has 4 aromatic rings. The Bertz CT molecular complexity index is 1540. The number of anilines is 2. The smallest absolute Gasteiger partial charge is 0.410 e. The lowest BCUT2D eigenvalue weighted by atomic mass is 9.93. The van der Waals surface area contributed by atoms with Gasteiger partial charge >= 0.3 is 11.0 Å². The van der Waals surface area contributed by atoms with Gasteiger partial charge in [0.05, 0.1) is 21.2 Å². The Labute approximate surface area is 221 Å². The number of hydrogen-bond acceptors (Lipinski definition) is 9. The molecule has 0 bridgehead atoms. The molecule has 9 nitrogen and oxygen atoms in total. The molecule has 0 saturated carbocycles. The Morgan fingerprint density at radius 2 is 2.14 bits per heavy atom. The number of H-pyrrole nitrogens is 1. The molecule has 1 saturated heterocycles. The standard InChI is InChI=1S/C26H29N5O4S2/c1-26(2)12-15(8-9-34-26)31(3)25(33)35-16-5-6-17-19(11-16)36-23-21(17)22(27-13-28-23)29-14-4-7-18-20(10-14)37-24(32)30-18/h4,7,10,13,15-16H,5-6,8-9,11-12H2,1-3H3,(H,30,32)(H,27,28,29). The molecule has 1 aromatic carbocycles. The molecule has 1 amide bonds. The van der Waals surface area contributed by atoms with Crippen molar-refractivity contribution in [2.45, 2.75) is 63.7 Å². The van der Waals surface area contributed by atoms with Crippen LogP contribution in [0.1, 0.15) is 43.6 Å². The number of thiazole rings is 1. The molecule has 0 spiro atoms. The van der Waals surface area contributed by atoms with Gasteiger partial charge in [0.2, 0.25) is 0 Å². The Kier molecular flexibility index (Phi) is 6.16. The van der Waals surface area contributed by atoms with Crippen molar-refractivity contribution in [1.29, 1.82) is 0 Å². The van der Waals surface area contributed by atoms with E-state index >= 15 is 0 Å². The maximum Gasteiger partial charge on any atom is 0.410 e. The van der Waals surface area contributed by atoms with Crippen molar-refractivity contribution in [2.24, 2.45) is 0 Å². The van der Waals surface area contributed by atoms with Gasteiger partial charge in [0, 0.05) is 36.7 Å². The van der Waals surface area contributed by atoms with Gasteiger partial charge in [0.15, 0.2) is 0 Å². The van der Waals surface area contributed by atoms with E-state index in [4.69, 9.17) is 9.47 Å². The summed E-state index contributed by atoms with van der Waals surface area (Å²) in [6.07, 6.45) is 5.00. The van der Waals surface area contributed by atoms with Gasteiger partial charge in [-0.15, -0.1) is 11.3 Å². The predicted molar refractivity (Wildman–Crippen MR) is 146 cm³/mol. The molecular weight excluding hydrogens is 510 g/mol. The van der Waals surface area contributed by atoms with Crippen LogP contribution in [-0.4, -0.2) is 57.3 Å². The van der Waals surface area contributed by atoms with Gasteiger partial charge in [-0.3, -0.25) is 4.79 Å². The van der Waals surface area contributed by atoms with Crippen molar-refractivity contribution in [3.63, 3.8) is 0 Å². The molecule has 3 aromatic heterocycles. The first-order chi connectivity index (χ1) is 17.8. The van der Waals surface area contributed by atoms with Crippen molar-refractivity contribution >= 4 is 60.7 Å². The number of fused-ring (bicyclic) bond motifs is 4. The third kappa shape index (κ3) is 4.83. The van der Waals surface area contributed by atoms with Crippen LogP contribution in [0.25, 0.3) is 20.4 Å². The number of nitrogens with one attached hydrogen (secondary N) is 2. The minimum Gasteiger partial charge on any atom is -0.446 e. The molecule has 1 fully saturated rings. The molecule has 2 N–H and O–H groups in total. The lowest BCUT2D eigenvalue weighted by molar-refractivity contribution is -0.0790. The molecule has 6 rings (SSSR count). The number of thiophene rings is 1.